The molecule has 2 aliphatic rings. The fourth-order valence-corrected chi connectivity index (χ4v) is 1.71. The molecule has 1 aliphatic heterocycles. The highest BCUT2D eigenvalue weighted by atomic mass is 16.5. The van der Waals surface area contributed by atoms with Crippen LogP contribution in [0, 0.1) is 0 Å². The summed E-state index contributed by atoms with van der Waals surface area (Å²) in [6, 6.07) is 0. The predicted molar refractivity (Wildman–Crippen MR) is 45.2 cm³/mol. The third kappa shape index (κ3) is 1.32. The first kappa shape index (κ1) is 6.96. The van der Waals surface area contributed by atoms with Gasteiger partial charge in [-0.3, -0.25) is 0 Å². The smallest absolute Gasteiger partial charge is 0.118 e. The van der Waals surface area contributed by atoms with Gasteiger partial charge in [0, 0.05) is 0 Å². The van der Waals surface area contributed by atoms with E-state index in [1.165, 1.54) is 31.3 Å². The minimum absolute atomic E-state index is 0.427. The van der Waals surface area contributed by atoms with Gasteiger partial charge in [-0.2, -0.15) is 0 Å². The molecule has 1 unspecified atom stereocenters. The average Bonchev–Trinajstić information content (AvgIpc) is 2.04. The zero-order valence-electron chi connectivity index (χ0n) is 6.97. The molecule has 0 spiro atoms. The molecule has 0 aromatic rings. The fourth-order valence-electron chi connectivity index (χ4n) is 1.71. The lowest BCUT2D eigenvalue weighted by Gasteiger charge is -2.26. The molecule has 0 amide bonds. The summed E-state index contributed by atoms with van der Waals surface area (Å²) >= 11 is 0. The molecule has 1 heterocycles. The summed E-state index contributed by atoms with van der Waals surface area (Å²) in [5.41, 5.74) is 1.53. The van der Waals surface area contributed by atoms with Crippen molar-refractivity contribution in [1.29, 1.82) is 0 Å². The van der Waals surface area contributed by atoms with Gasteiger partial charge in [-0.15, -0.1) is 0 Å². The molecule has 60 valence electrons. The van der Waals surface area contributed by atoms with Gasteiger partial charge < -0.3 is 4.74 Å². The molecule has 0 saturated heterocycles. The third-order valence-electron chi connectivity index (χ3n) is 2.41. The predicted octanol–water partition coefficient (Wildman–Crippen LogP) is 2.79. The highest BCUT2D eigenvalue weighted by Gasteiger charge is 2.18. The summed E-state index contributed by atoms with van der Waals surface area (Å²) < 4.78 is 5.68. The molecule has 1 aliphatic carbocycles. The zero-order chi connectivity index (χ0) is 7.68. The number of allylic oxidation sites excluding steroid dienone is 3. The fraction of sp³-hybridized carbons (Fsp3) is 0.600. The van der Waals surface area contributed by atoms with E-state index in [-0.39, 0.29) is 0 Å². The first-order valence-electron chi connectivity index (χ1n) is 4.41. The Morgan fingerprint density at radius 1 is 1.45 bits per heavy atom. The Labute approximate surface area is 67.7 Å². The van der Waals surface area contributed by atoms with Gasteiger partial charge in [-0.1, -0.05) is 6.08 Å². The van der Waals surface area contributed by atoms with Crippen LogP contribution >= 0.6 is 0 Å². The molecular weight excluding hydrogens is 136 g/mol. The van der Waals surface area contributed by atoms with Crippen molar-refractivity contribution in [3.05, 3.63) is 23.5 Å². The minimum Gasteiger partial charge on any atom is -0.491 e. The molecule has 0 saturated carbocycles. The summed E-state index contributed by atoms with van der Waals surface area (Å²) in [5.74, 6) is 1.16. The molecular formula is C10H14O. The highest BCUT2D eigenvalue weighted by Crippen LogP contribution is 2.30. The Morgan fingerprint density at radius 2 is 2.36 bits per heavy atom. The van der Waals surface area contributed by atoms with Gasteiger partial charge in [0.1, 0.15) is 5.76 Å². The van der Waals surface area contributed by atoms with Gasteiger partial charge in [-0.05, 0) is 44.3 Å². The van der Waals surface area contributed by atoms with Crippen molar-refractivity contribution in [2.75, 3.05) is 0 Å². The Hall–Kier alpha value is -0.720. The van der Waals surface area contributed by atoms with E-state index in [1.807, 2.05) is 0 Å². The van der Waals surface area contributed by atoms with Gasteiger partial charge in [0.05, 0.1) is 6.10 Å². The molecule has 0 bridgehead atoms. The summed E-state index contributed by atoms with van der Waals surface area (Å²) in [4.78, 5) is 0. The highest BCUT2D eigenvalue weighted by molar-refractivity contribution is 5.26. The van der Waals surface area contributed by atoms with Crippen molar-refractivity contribution in [3.8, 4) is 0 Å². The van der Waals surface area contributed by atoms with Crippen molar-refractivity contribution >= 4 is 0 Å². The van der Waals surface area contributed by atoms with E-state index < -0.39 is 0 Å². The van der Waals surface area contributed by atoms with Crippen LogP contribution in [-0.2, 0) is 4.74 Å². The summed E-state index contributed by atoms with van der Waals surface area (Å²) in [5, 5.41) is 0. The SMILES string of the molecule is CC1CCC2=C(C=CCC2)O1. The second-order valence-corrected chi connectivity index (χ2v) is 3.38. The lowest BCUT2D eigenvalue weighted by atomic mass is 9.95. The van der Waals surface area contributed by atoms with Crippen molar-refractivity contribution in [2.24, 2.45) is 0 Å². The minimum atomic E-state index is 0.427. The van der Waals surface area contributed by atoms with Crippen LogP contribution in [0.15, 0.2) is 23.5 Å². The number of ether oxygens (including phenoxy) is 1. The second-order valence-electron chi connectivity index (χ2n) is 3.38. The first-order valence-corrected chi connectivity index (χ1v) is 4.41. The van der Waals surface area contributed by atoms with Crippen molar-refractivity contribution < 1.29 is 4.74 Å². The van der Waals surface area contributed by atoms with Crippen molar-refractivity contribution in [2.45, 2.75) is 38.7 Å². The van der Waals surface area contributed by atoms with Crippen LogP contribution in [0.5, 0.6) is 0 Å². The quantitative estimate of drug-likeness (QED) is 0.516. The normalized spacial score (nSPS) is 29.7. The summed E-state index contributed by atoms with van der Waals surface area (Å²) in [6.45, 7) is 2.15. The van der Waals surface area contributed by atoms with Gasteiger partial charge in [0.25, 0.3) is 0 Å². The van der Waals surface area contributed by atoms with E-state index >= 15 is 0 Å². The van der Waals surface area contributed by atoms with Gasteiger partial charge in [0.2, 0.25) is 0 Å². The van der Waals surface area contributed by atoms with Crippen LogP contribution in [-0.4, -0.2) is 6.10 Å². The molecule has 11 heavy (non-hydrogen) atoms. The van der Waals surface area contributed by atoms with E-state index in [0.29, 0.717) is 6.10 Å². The van der Waals surface area contributed by atoms with Crippen LogP contribution in [0.2, 0.25) is 0 Å². The molecule has 0 aromatic heterocycles. The summed E-state index contributed by atoms with van der Waals surface area (Å²) in [6.07, 6.45) is 9.64. The largest absolute Gasteiger partial charge is 0.491 e. The van der Waals surface area contributed by atoms with E-state index in [0.717, 1.165) is 5.76 Å². The van der Waals surface area contributed by atoms with Crippen LogP contribution in [0.25, 0.3) is 0 Å². The monoisotopic (exact) mass is 150 g/mol. The molecule has 0 radical (unpaired) electrons. The van der Waals surface area contributed by atoms with Crippen LogP contribution < -0.4 is 0 Å². The molecule has 0 aromatic carbocycles. The number of hydrogen-bond donors (Lipinski definition) is 0. The van der Waals surface area contributed by atoms with Crippen LogP contribution in [0.3, 0.4) is 0 Å². The number of hydrogen-bond acceptors (Lipinski definition) is 1. The molecule has 1 nitrogen and oxygen atoms in total. The molecule has 1 heteroatoms. The Morgan fingerprint density at radius 3 is 3.27 bits per heavy atom. The Bertz CT molecular complexity index is 213. The standard InChI is InChI=1S/C10H14O/c1-8-6-7-9-4-2-3-5-10(9)11-8/h3,5,8H,2,4,6-7H2,1H3. The van der Waals surface area contributed by atoms with E-state index in [9.17, 15) is 0 Å². The lowest BCUT2D eigenvalue weighted by molar-refractivity contribution is 0.113. The van der Waals surface area contributed by atoms with Gasteiger partial charge >= 0.3 is 0 Å². The van der Waals surface area contributed by atoms with E-state index in [4.69, 9.17) is 4.74 Å². The average molecular weight is 150 g/mol. The Kier molecular flexibility index (Phi) is 1.72. The van der Waals surface area contributed by atoms with Gasteiger partial charge in [0.15, 0.2) is 0 Å². The molecule has 1 atom stereocenters. The van der Waals surface area contributed by atoms with Gasteiger partial charge in [-0.25, -0.2) is 0 Å². The summed E-state index contributed by atoms with van der Waals surface area (Å²) in [7, 11) is 0. The van der Waals surface area contributed by atoms with Crippen molar-refractivity contribution in [1.82, 2.24) is 0 Å². The first-order chi connectivity index (χ1) is 5.36. The van der Waals surface area contributed by atoms with Crippen LogP contribution in [0.4, 0.5) is 0 Å². The molecule has 0 fully saturated rings. The zero-order valence-corrected chi connectivity index (χ0v) is 6.97. The molecule has 2 rings (SSSR count). The topological polar surface area (TPSA) is 9.23 Å². The van der Waals surface area contributed by atoms with E-state index in [2.05, 4.69) is 19.1 Å². The third-order valence-corrected chi connectivity index (χ3v) is 2.41. The second kappa shape index (κ2) is 2.72. The Balaban J connectivity index is 2.19. The van der Waals surface area contributed by atoms with E-state index in [1.54, 1.807) is 0 Å². The molecule has 0 N–H and O–H groups in total. The maximum atomic E-state index is 5.68. The number of rotatable bonds is 0. The lowest BCUT2D eigenvalue weighted by Crippen LogP contribution is -2.15. The maximum Gasteiger partial charge on any atom is 0.118 e. The van der Waals surface area contributed by atoms with Crippen molar-refractivity contribution in [3.63, 3.8) is 0 Å². The maximum absolute atomic E-state index is 5.68. The van der Waals surface area contributed by atoms with Crippen LogP contribution in [0.1, 0.15) is 32.6 Å².